The second-order valence-electron chi connectivity index (χ2n) is 4.27. The van der Waals surface area contributed by atoms with Crippen molar-refractivity contribution in [1.82, 2.24) is 29.7 Å². The Hall–Kier alpha value is -2.29. The maximum absolute atomic E-state index is 5.66. The maximum Gasteiger partial charge on any atom is 0.258 e. The van der Waals surface area contributed by atoms with E-state index in [9.17, 15) is 0 Å². The molecule has 3 rings (SSSR count). The number of nitrogens with one attached hydrogen (secondary N) is 1. The summed E-state index contributed by atoms with van der Waals surface area (Å²) in [4.78, 5) is 16.1. The largest absolute Gasteiger partial charge is 0.381 e. The predicted octanol–water partition coefficient (Wildman–Crippen LogP) is -0.517. The Morgan fingerprint density at radius 2 is 2.37 bits per heavy atom. The van der Waals surface area contributed by atoms with Crippen molar-refractivity contribution in [3.8, 4) is 5.95 Å². The Balaban J connectivity index is 1.74. The number of rotatable bonds is 4. The fourth-order valence-electron chi connectivity index (χ4n) is 1.85. The smallest absolute Gasteiger partial charge is 0.258 e. The second-order valence-corrected chi connectivity index (χ2v) is 4.27. The Morgan fingerprint density at radius 3 is 3.11 bits per heavy atom. The number of hydrogen-bond acceptors (Lipinski definition) is 8. The zero-order valence-electron chi connectivity index (χ0n) is 10.2. The van der Waals surface area contributed by atoms with Crippen molar-refractivity contribution in [2.75, 3.05) is 30.8 Å². The lowest BCUT2D eigenvalue weighted by molar-refractivity contribution is 0.187. The lowest BCUT2D eigenvalue weighted by Gasteiger charge is -2.10. The molecule has 1 fully saturated rings. The summed E-state index contributed by atoms with van der Waals surface area (Å²) in [6.07, 6.45) is 3.95. The lowest BCUT2D eigenvalue weighted by atomic mass is 10.1. The van der Waals surface area contributed by atoms with E-state index in [1.165, 1.54) is 17.3 Å². The van der Waals surface area contributed by atoms with E-state index in [1.54, 1.807) is 0 Å². The van der Waals surface area contributed by atoms with Crippen LogP contribution in [0.25, 0.3) is 5.95 Å². The molecule has 1 unspecified atom stereocenters. The first-order valence-electron chi connectivity index (χ1n) is 5.99. The van der Waals surface area contributed by atoms with Crippen molar-refractivity contribution in [2.24, 2.45) is 5.92 Å². The number of hydrogen-bond donors (Lipinski definition) is 2. The Labute approximate surface area is 109 Å². The first kappa shape index (κ1) is 11.8. The molecule has 1 atom stereocenters. The molecule has 2 aromatic rings. The number of nitrogens with zero attached hydrogens (tertiary/aromatic N) is 6. The topological polar surface area (TPSA) is 117 Å². The van der Waals surface area contributed by atoms with E-state index in [2.05, 4.69) is 30.4 Å². The average Bonchev–Trinajstić information content (AvgIpc) is 3.09. The molecule has 1 aliphatic rings. The molecule has 1 saturated heterocycles. The van der Waals surface area contributed by atoms with E-state index in [4.69, 9.17) is 10.5 Å². The summed E-state index contributed by atoms with van der Waals surface area (Å²) < 4.78 is 6.74. The maximum atomic E-state index is 5.66. The first-order valence-corrected chi connectivity index (χ1v) is 5.99. The molecule has 0 aromatic carbocycles. The van der Waals surface area contributed by atoms with Gasteiger partial charge in [0.25, 0.3) is 5.95 Å². The van der Waals surface area contributed by atoms with Gasteiger partial charge in [0.1, 0.15) is 12.7 Å². The van der Waals surface area contributed by atoms with Gasteiger partial charge in [-0.2, -0.15) is 24.7 Å². The molecule has 2 aromatic heterocycles. The molecule has 100 valence electrons. The van der Waals surface area contributed by atoms with Crippen molar-refractivity contribution in [1.29, 1.82) is 0 Å². The molecule has 0 radical (unpaired) electrons. The number of anilines is 2. The van der Waals surface area contributed by atoms with E-state index in [1.807, 2.05) is 0 Å². The summed E-state index contributed by atoms with van der Waals surface area (Å²) in [6.45, 7) is 2.33. The Kier molecular flexibility index (Phi) is 3.19. The van der Waals surface area contributed by atoms with Gasteiger partial charge >= 0.3 is 0 Å². The van der Waals surface area contributed by atoms with Gasteiger partial charge in [-0.05, 0) is 6.42 Å². The fraction of sp³-hybridized carbons (Fsp3) is 0.500. The summed E-state index contributed by atoms with van der Waals surface area (Å²) in [5, 5.41) is 7.10. The summed E-state index contributed by atoms with van der Waals surface area (Å²) in [7, 11) is 0. The molecular weight excluding hydrogens is 248 g/mol. The summed E-state index contributed by atoms with van der Waals surface area (Å²) in [5.41, 5.74) is 5.66. The van der Waals surface area contributed by atoms with E-state index < -0.39 is 0 Å². The minimum absolute atomic E-state index is 0.144. The van der Waals surface area contributed by atoms with Crippen LogP contribution in [0.4, 0.5) is 11.9 Å². The number of aromatic nitrogens is 6. The average molecular weight is 262 g/mol. The number of nitrogens with two attached hydrogens (primary N) is 1. The molecule has 9 heteroatoms. The van der Waals surface area contributed by atoms with Crippen LogP contribution in [-0.2, 0) is 4.74 Å². The van der Waals surface area contributed by atoms with E-state index in [0.29, 0.717) is 17.8 Å². The molecule has 0 amide bonds. The van der Waals surface area contributed by atoms with Crippen molar-refractivity contribution >= 4 is 11.9 Å². The molecule has 0 bridgehead atoms. The molecule has 19 heavy (non-hydrogen) atoms. The normalized spacial score (nSPS) is 18.6. The van der Waals surface area contributed by atoms with Gasteiger partial charge in [0.15, 0.2) is 0 Å². The van der Waals surface area contributed by atoms with Crippen LogP contribution in [0.3, 0.4) is 0 Å². The van der Waals surface area contributed by atoms with Gasteiger partial charge in [0.05, 0.1) is 6.61 Å². The minimum Gasteiger partial charge on any atom is -0.381 e. The molecule has 3 heterocycles. The lowest BCUT2D eigenvalue weighted by Crippen LogP contribution is -2.17. The highest BCUT2D eigenvalue weighted by atomic mass is 16.5. The highest BCUT2D eigenvalue weighted by Gasteiger charge is 2.16. The van der Waals surface area contributed by atoms with Gasteiger partial charge in [0.2, 0.25) is 11.9 Å². The van der Waals surface area contributed by atoms with E-state index in [0.717, 1.165) is 26.2 Å². The van der Waals surface area contributed by atoms with Gasteiger partial charge in [-0.3, -0.25) is 0 Å². The molecular formula is C10H14N8O. The monoisotopic (exact) mass is 262 g/mol. The Morgan fingerprint density at radius 1 is 1.42 bits per heavy atom. The van der Waals surface area contributed by atoms with Gasteiger partial charge in [-0.25, -0.2) is 4.98 Å². The minimum atomic E-state index is 0.144. The molecule has 3 N–H and O–H groups in total. The highest BCUT2D eigenvalue weighted by Crippen LogP contribution is 2.13. The highest BCUT2D eigenvalue weighted by molar-refractivity contribution is 5.34. The second kappa shape index (κ2) is 5.14. The molecule has 0 saturated carbocycles. The zero-order chi connectivity index (χ0) is 13.1. The van der Waals surface area contributed by atoms with Crippen molar-refractivity contribution < 1.29 is 4.74 Å². The van der Waals surface area contributed by atoms with Crippen LogP contribution < -0.4 is 11.1 Å². The van der Waals surface area contributed by atoms with Gasteiger partial charge in [-0.1, -0.05) is 0 Å². The van der Waals surface area contributed by atoms with E-state index in [-0.39, 0.29) is 5.95 Å². The van der Waals surface area contributed by atoms with Crippen LogP contribution >= 0.6 is 0 Å². The molecule has 1 aliphatic heterocycles. The zero-order valence-corrected chi connectivity index (χ0v) is 10.2. The first-order chi connectivity index (χ1) is 9.31. The fourth-order valence-corrected chi connectivity index (χ4v) is 1.85. The predicted molar refractivity (Wildman–Crippen MR) is 66.6 cm³/mol. The van der Waals surface area contributed by atoms with Crippen LogP contribution in [0.15, 0.2) is 12.7 Å². The summed E-state index contributed by atoms with van der Waals surface area (Å²) in [6, 6.07) is 0. The van der Waals surface area contributed by atoms with Crippen LogP contribution in [-0.4, -0.2) is 49.5 Å². The molecule has 0 aliphatic carbocycles. The quantitative estimate of drug-likeness (QED) is 0.756. The standard InChI is InChI=1S/C10H14N8O/c11-8-15-9(13-3-7-1-2-19-4-7)17-10(16-8)18-6-12-5-14-18/h5-7H,1-4H2,(H3,11,13,15,16,17). The van der Waals surface area contributed by atoms with E-state index >= 15 is 0 Å². The molecule has 9 nitrogen and oxygen atoms in total. The van der Waals surface area contributed by atoms with Crippen LogP contribution in [0, 0.1) is 5.92 Å². The third-order valence-electron chi connectivity index (χ3n) is 2.84. The third kappa shape index (κ3) is 2.76. The van der Waals surface area contributed by atoms with Gasteiger partial charge in [-0.15, -0.1) is 0 Å². The van der Waals surface area contributed by atoms with Crippen LogP contribution in [0.2, 0.25) is 0 Å². The molecule has 0 spiro atoms. The number of ether oxygens (including phenoxy) is 1. The summed E-state index contributed by atoms with van der Waals surface area (Å²) >= 11 is 0. The van der Waals surface area contributed by atoms with Crippen molar-refractivity contribution in [3.63, 3.8) is 0 Å². The summed E-state index contributed by atoms with van der Waals surface area (Å²) in [5.74, 6) is 1.40. The third-order valence-corrected chi connectivity index (χ3v) is 2.84. The van der Waals surface area contributed by atoms with Crippen molar-refractivity contribution in [3.05, 3.63) is 12.7 Å². The number of nitrogen functional groups attached to an aromatic ring is 1. The van der Waals surface area contributed by atoms with Crippen LogP contribution in [0.1, 0.15) is 6.42 Å². The van der Waals surface area contributed by atoms with Crippen LogP contribution in [0.5, 0.6) is 0 Å². The van der Waals surface area contributed by atoms with Crippen molar-refractivity contribution in [2.45, 2.75) is 6.42 Å². The SMILES string of the molecule is Nc1nc(NCC2CCOC2)nc(-n2cncn2)n1. The van der Waals surface area contributed by atoms with Gasteiger partial charge < -0.3 is 15.8 Å². The van der Waals surface area contributed by atoms with Gasteiger partial charge in [0, 0.05) is 19.1 Å². The Bertz CT molecular complexity index is 536.